The monoisotopic (exact) mass is 226 g/mol. The van der Waals surface area contributed by atoms with Gasteiger partial charge in [-0.1, -0.05) is 31.4 Å². The zero-order valence-corrected chi connectivity index (χ0v) is 10.5. The van der Waals surface area contributed by atoms with Crippen molar-refractivity contribution < 1.29 is 4.74 Å². The second-order valence-corrected chi connectivity index (χ2v) is 4.30. The van der Waals surface area contributed by atoms with Crippen LogP contribution in [0.5, 0.6) is 5.75 Å². The van der Waals surface area contributed by atoms with E-state index >= 15 is 0 Å². The summed E-state index contributed by atoms with van der Waals surface area (Å²) in [5.41, 5.74) is 2.17. The van der Waals surface area contributed by atoms with Gasteiger partial charge in [0.15, 0.2) is 0 Å². The SMILES string of the molecule is CCCCCOc1cc(C)c(Cl)c(C)c1. The molecule has 0 saturated carbocycles. The highest BCUT2D eigenvalue weighted by atomic mass is 35.5. The fourth-order valence-corrected chi connectivity index (χ4v) is 1.64. The molecule has 0 aliphatic heterocycles. The van der Waals surface area contributed by atoms with E-state index in [2.05, 4.69) is 6.92 Å². The van der Waals surface area contributed by atoms with Crippen molar-refractivity contribution in [2.45, 2.75) is 40.0 Å². The molecule has 84 valence electrons. The molecule has 2 heteroatoms. The highest BCUT2D eigenvalue weighted by Crippen LogP contribution is 2.25. The van der Waals surface area contributed by atoms with Gasteiger partial charge in [0.1, 0.15) is 5.75 Å². The molecule has 15 heavy (non-hydrogen) atoms. The molecule has 0 unspecified atom stereocenters. The molecule has 1 nitrogen and oxygen atoms in total. The normalized spacial score (nSPS) is 10.4. The van der Waals surface area contributed by atoms with Crippen LogP contribution in [0.1, 0.15) is 37.3 Å². The lowest BCUT2D eigenvalue weighted by Crippen LogP contribution is -1.98. The summed E-state index contributed by atoms with van der Waals surface area (Å²) >= 11 is 6.08. The molecular formula is C13H19ClO. The van der Waals surface area contributed by atoms with Gasteiger partial charge < -0.3 is 4.74 Å². The Kier molecular flexibility index (Phi) is 4.97. The van der Waals surface area contributed by atoms with E-state index in [4.69, 9.17) is 16.3 Å². The van der Waals surface area contributed by atoms with Gasteiger partial charge in [-0.25, -0.2) is 0 Å². The summed E-state index contributed by atoms with van der Waals surface area (Å²) in [5.74, 6) is 0.936. The van der Waals surface area contributed by atoms with E-state index in [1.807, 2.05) is 26.0 Å². The summed E-state index contributed by atoms with van der Waals surface area (Å²) < 4.78 is 5.67. The third-order valence-electron chi connectivity index (χ3n) is 2.43. The van der Waals surface area contributed by atoms with Gasteiger partial charge in [-0.05, 0) is 43.5 Å². The molecule has 0 N–H and O–H groups in total. The lowest BCUT2D eigenvalue weighted by Gasteiger charge is -2.09. The number of halogens is 1. The smallest absolute Gasteiger partial charge is 0.119 e. The first-order chi connectivity index (χ1) is 7.15. The van der Waals surface area contributed by atoms with Crippen LogP contribution in [-0.4, -0.2) is 6.61 Å². The predicted molar refractivity (Wildman–Crippen MR) is 65.9 cm³/mol. The van der Waals surface area contributed by atoms with Crippen molar-refractivity contribution in [1.29, 1.82) is 0 Å². The Labute approximate surface area is 97.4 Å². The molecule has 0 radical (unpaired) electrons. The first-order valence-corrected chi connectivity index (χ1v) is 5.92. The molecule has 0 saturated heterocycles. The zero-order valence-electron chi connectivity index (χ0n) is 9.77. The van der Waals surface area contributed by atoms with Gasteiger partial charge in [0.2, 0.25) is 0 Å². The van der Waals surface area contributed by atoms with E-state index in [0.29, 0.717) is 0 Å². The van der Waals surface area contributed by atoms with Crippen molar-refractivity contribution in [3.8, 4) is 5.75 Å². The molecule has 0 bridgehead atoms. The van der Waals surface area contributed by atoms with E-state index in [-0.39, 0.29) is 0 Å². The molecule has 1 rings (SSSR count). The van der Waals surface area contributed by atoms with E-state index in [9.17, 15) is 0 Å². The van der Waals surface area contributed by atoms with Gasteiger partial charge in [0.25, 0.3) is 0 Å². The topological polar surface area (TPSA) is 9.23 Å². The van der Waals surface area contributed by atoms with Crippen LogP contribution in [0.3, 0.4) is 0 Å². The Hall–Kier alpha value is -0.690. The lowest BCUT2D eigenvalue weighted by molar-refractivity contribution is 0.306. The van der Waals surface area contributed by atoms with E-state index in [0.717, 1.165) is 34.9 Å². The average molecular weight is 227 g/mol. The molecular weight excluding hydrogens is 208 g/mol. The molecule has 0 fully saturated rings. The molecule has 0 heterocycles. The van der Waals surface area contributed by atoms with Gasteiger partial charge in [0, 0.05) is 5.02 Å². The summed E-state index contributed by atoms with van der Waals surface area (Å²) in [6.45, 7) is 7.01. The van der Waals surface area contributed by atoms with Crippen LogP contribution in [-0.2, 0) is 0 Å². The Bertz CT molecular complexity index is 297. The molecule has 0 atom stereocenters. The van der Waals surface area contributed by atoms with E-state index in [1.165, 1.54) is 12.8 Å². The van der Waals surface area contributed by atoms with E-state index in [1.54, 1.807) is 0 Å². The number of benzene rings is 1. The highest BCUT2D eigenvalue weighted by Gasteiger charge is 2.02. The predicted octanol–water partition coefficient (Wildman–Crippen LogP) is 4.53. The van der Waals surface area contributed by atoms with Crippen LogP contribution in [0.2, 0.25) is 5.02 Å². The van der Waals surface area contributed by atoms with Crippen LogP contribution < -0.4 is 4.74 Å². The summed E-state index contributed by atoms with van der Waals surface area (Å²) in [5, 5.41) is 0.843. The Morgan fingerprint density at radius 3 is 2.27 bits per heavy atom. The van der Waals surface area contributed by atoms with Crippen molar-refractivity contribution in [2.75, 3.05) is 6.61 Å². The Morgan fingerprint density at radius 1 is 1.13 bits per heavy atom. The van der Waals surface area contributed by atoms with Gasteiger partial charge in [0.05, 0.1) is 6.61 Å². The second kappa shape index (κ2) is 6.02. The van der Waals surface area contributed by atoms with Crippen molar-refractivity contribution in [2.24, 2.45) is 0 Å². The lowest BCUT2D eigenvalue weighted by atomic mass is 10.1. The standard InChI is InChI=1S/C13H19ClO/c1-4-5-6-7-15-12-8-10(2)13(14)11(3)9-12/h8-9H,4-7H2,1-3H3. The highest BCUT2D eigenvalue weighted by molar-refractivity contribution is 6.32. The minimum Gasteiger partial charge on any atom is -0.494 e. The Balaban J connectivity index is 2.55. The minimum atomic E-state index is 0.800. The van der Waals surface area contributed by atoms with Crippen LogP contribution in [0.4, 0.5) is 0 Å². The number of aryl methyl sites for hydroxylation is 2. The van der Waals surface area contributed by atoms with Crippen molar-refractivity contribution in [1.82, 2.24) is 0 Å². The fraction of sp³-hybridized carbons (Fsp3) is 0.538. The summed E-state index contributed by atoms with van der Waals surface area (Å²) in [6.07, 6.45) is 3.57. The van der Waals surface area contributed by atoms with Crippen LogP contribution in [0, 0.1) is 13.8 Å². The first kappa shape index (κ1) is 12.4. The fourth-order valence-electron chi connectivity index (χ4n) is 1.53. The van der Waals surface area contributed by atoms with Gasteiger partial charge in [-0.3, -0.25) is 0 Å². The van der Waals surface area contributed by atoms with Gasteiger partial charge in [-0.2, -0.15) is 0 Å². The summed E-state index contributed by atoms with van der Waals surface area (Å²) in [7, 11) is 0. The summed E-state index contributed by atoms with van der Waals surface area (Å²) in [6, 6.07) is 4.00. The molecule has 0 aliphatic rings. The molecule has 0 aromatic heterocycles. The maximum absolute atomic E-state index is 6.08. The van der Waals surface area contributed by atoms with Crippen LogP contribution in [0.25, 0.3) is 0 Å². The maximum atomic E-state index is 6.08. The summed E-state index contributed by atoms with van der Waals surface area (Å²) in [4.78, 5) is 0. The average Bonchev–Trinajstić information content (AvgIpc) is 2.21. The molecule has 0 amide bonds. The van der Waals surface area contributed by atoms with Crippen LogP contribution in [0.15, 0.2) is 12.1 Å². The maximum Gasteiger partial charge on any atom is 0.119 e. The quantitative estimate of drug-likeness (QED) is 0.671. The third-order valence-corrected chi connectivity index (χ3v) is 3.02. The zero-order chi connectivity index (χ0) is 11.3. The number of hydrogen-bond acceptors (Lipinski definition) is 1. The second-order valence-electron chi connectivity index (χ2n) is 3.93. The molecule has 1 aromatic rings. The van der Waals surface area contributed by atoms with Crippen molar-refractivity contribution in [3.05, 3.63) is 28.3 Å². The van der Waals surface area contributed by atoms with Crippen molar-refractivity contribution in [3.63, 3.8) is 0 Å². The minimum absolute atomic E-state index is 0.800. The number of unbranched alkanes of at least 4 members (excludes halogenated alkanes) is 2. The van der Waals surface area contributed by atoms with Gasteiger partial charge in [-0.15, -0.1) is 0 Å². The molecule has 1 aromatic carbocycles. The van der Waals surface area contributed by atoms with Gasteiger partial charge >= 0.3 is 0 Å². The number of rotatable bonds is 5. The Morgan fingerprint density at radius 2 is 1.73 bits per heavy atom. The molecule has 0 aliphatic carbocycles. The first-order valence-electron chi connectivity index (χ1n) is 5.54. The van der Waals surface area contributed by atoms with Crippen molar-refractivity contribution >= 4 is 11.6 Å². The third kappa shape index (κ3) is 3.75. The number of ether oxygens (including phenoxy) is 1. The van der Waals surface area contributed by atoms with E-state index < -0.39 is 0 Å². The number of hydrogen-bond donors (Lipinski definition) is 0. The van der Waals surface area contributed by atoms with Crippen LogP contribution >= 0.6 is 11.6 Å². The molecule has 0 spiro atoms. The largest absolute Gasteiger partial charge is 0.494 e.